The third kappa shape index (κ3) is 3.34. The number of fused-ring (bicyclic) bond motifs is 1. The van der Waals surface area contributed by atoms with Gasteiger partial charge in [0.25, 0.3) is 5.91 Å². The maximum absolute atomic E-state index is 14.2. The van der Waals surface area contributed by atoms with E-state index in [1.54, 1.807) is 17.7 Å². The number of hydrogen-bond donors (Lipinski definition) is 1. The molecule has 1 aliphatic rings. The third-order valence-electron chi connectivity index (χ3n) is 4.21. The first-order chi connectivity index (χ1) is 11.9. The van der Waals surface area contributed by atoms with Crippen molar-refractivity contribution in [1.82, 2.24) is 14.7 Å². The van der Waals surface area contributed by atoms with Crippen molar-refractivity contribution in [3.63, 3.8) is 0 Å². The fraction of sp³-hybridized carbons (Fsp3) is 0.412. The summed E-state index contributed by atoms with van der Waals surface area (Å²) in [4.78, 5) is 14.1. The van der Waals surface area contributed by atoms with Gasteiger partial charge in [0.05, 0.1) is 31.1 Å². The number of aryl methyl sites for hydroxylation is 1. The van der Waals surface area contributed by atoms with Gasteiger partial charge >= 0.3 is 0 Å². The SMILES string of the molecule is COc1cc(F)c(C(=O)N2CCCn3nc([C@H](C)O)cc3C2)c(F)c1. The average Bonchev–Trinajstić information content (AvgIpc) is 2.86. The molecule has 1 amide bonds. The number of rotatable bonds is 3. The van der Waals surface area contributed by atoms with Crippen LogP contribution in [0.4, 0.5) is 8.78 Å². The molecule has 2 aromatic rings. The number of nitrogens with zero attached hydrogens (tertiary/aromatic N) is 3. The van der Waals surface area contributed by atoms with Gasteiger partial charge in [-0.15, -0.1) is 0 Å². The van der Waals surface area contributed by atoms with Crippen LogP contribution in [-0.2, 0) is 13.1 Å². The molecule has 1 aliphatic heterocycles. The molecule has 0 spiro atoms. The molecule has 0 aliphatic carbocycles. The summed E-state index contributed by atoms with van der Waals surface area (Å²) in [6, 6.07) is 3.69. The molecule has 0 fully saturated rings. The fourth-order valence-electron chi connectivity index (χ4n) is 2.89. The quantitative estimate of drug-likeness (QED) is 0.921. The lowest BCUT2D eigenvalue weighted by Gasteiger charge is -2.21. The summed E-state index contributed by atoms with van der Waals surface area (Å²) >= 11 is 0. The van der Waals surface area contributed by atoms with E-state index in [0.717, 1.165) is 17.8 Å². The predicted molar refractivity (Wildman–Crippen MR) is 85.1 cm³/mol. The van der Waals surface area contributed by atoms with Crippen LogP contribution in [0.3, 0.4) is 0 Å². The van der Waals surface area contributed by atoms with Crippen LogP contribution in [0.5, 0.6) is 5.75 Å². The Labute approximate surface area is 143 Å². The van der Waals surface area contributed by atoms with E-state index in [2.05, 4.69) is 5.10 Å². The van der Waals surface area contributed by atoms with E-state index in [1.165, 1.54) is 12.0 Å². The Kier molecular flexibility index (Phi) is 4.71. The minimum Gasteiger partial charge on any atom is -0.497 e. The second-order valence-corrected chi connectivity index (χ2v) is 6.01. The van der Waals surface area contributed by atoms with Crippen LogP contribution >= 0.6 is 0 Å². The van der Waals surface area contributed by atoms with Crippen molar-refractivity contribution in [2.24, 2.45) is 0 Å². The summed E-state index contributed by atoms with van der Waals surface area (Å²) < 4.78 is 34.9. The van der Waals surface area contributed by atoms with Gasteiger partial charge in [0.15, 0.2) is 0 Å². The van der Waals surface area contributed by atoms with Crippen LogP contribution in [0.15, 0.2) is 18.2 Å². The molecule has 1 N–H and O–H groups in total. The number of aromatic nitrogens is 2. The van der Waals surface area contributed by atoms with Crippen molar-refractivity contribution >= 4 is 5.91 Å². The summed E-state index contributed by atoms with van der Waals surface area (Å²) in [5.41, 5.74) is 0.631. The summed E-state index contributed by atoms with van der Waals surface area (Å²) in [6.07, 6.45) is -0.126. The molecule has 25 heavy (non-hydrogen) atoms. The molecule has 1 atom stereocenters. The maximum atomic E-state index is 14.2. The van der Waals surface area contributed by atoms with Crippen LogP contribution in [0.1, 0.15) is 41.2 Å². The Balaban J connectivity index is 1.90. The smallest absolute Gasteiger partial charge is 0.260 e. The molecule has 6 nitrogen and oxygen atoms in total. The number of benzene rings is 1. The van der Waals surface area contributed by atoms with Crippen molar-refractivity contribution in [2.45, 2.75) is 32.5 Å². The highest BCUT2D eigenvalue weighted by Gasteiger charge is 2.27. The first-order valence-electron chi connectivity index (χ1n) is 7.97. The number of halogens is 2. The Bertz CT molecular complexity index is 781. The lowest BCUT2D eigenvalue weighted by Crippen LogP contribution is -2.32. The van der Waals surface area contributed by atoms with Gasteiger partial charge in [0, 0.05) is 25.2 Å². The molecule has 3 rings (SSSR count). The molecule has 0 bridgehead atoms. The standard InChI is InChI=1S/C17H19F2N3O3/c1-10(23)15-6-11-9-21(4-3-5-22(11)20-15)17(24)16-13(18)7-12(25-2)8-14(16)19/h6-8,10,23H,3-5,9H2,1-2H3/t10-/m0/s1. The number of methoxy groups -OCH3 is 1. The molecule has 1 aromatic heterocycles. The van der Waals surface area contributed by atoms with E-state index >= 15 is 0 Å². The lowest BCUT2D eigenvalue weighted by atomic mass is 10.1. The Morgan fingerprint density at radius 3 is 2.56 bits per heavy atom. The average molecular weight is 351 g/mol. The van der Waals surface area contributed by atoms with Gasteiger partial charge in [-0.25, -0.2) is 8.78 Å². The van der Waals surface area contributed by atoms with Gasteiger partial charge < -0.3 is 14.7 Å². The highest BCUT2D eigenvalue weighted by molar-refractivity contribution is 5.95. The Morgan fingerprint density at radius 2 is 1.96 bits per heavy atom. The van der Waals surface area contributed by atoms with Gasteiger partial charge in [-0.1, -0.05) is 0 Å². The summed E-state index contributed by atoms with van der Waals surface area (Å²) in [7, 11) is 1.30. The molecule has 8 heteroatoms. The van der Waals surface area contributed by atoms with Crippen molar-refractivity contribution in [3.05, 3.63) is 46.8 Å². The van der Waals surface area contributed by atoms with E-state index < -0.39 is 29.2 Å². The minimum absolute atomic E-state index is 0.0158. The first-order valence-corrected chi connectivity index (χ1v) is 7.97. The van der Waals surface area contributed by atoms with Crippen LogP contribution < -0.4 is 4.74 Å². The van der Waals surface area contributed by atoms with E-state index in [4.69, 9.17) is 4.74 Å². The van der Waals surface area contributed by atoms with Gasteiger partial charge in [0.2, 0.25) is 0 Å². The van der Waals surface area contributed by atoms with Gasteiger partial charge in [-0.2, -0.15) is 5.10 Å². The van der Waals surface area contributed by atoms with E-state index in [9.17, 15) is 18.7 Å². The monoisotopic (exact) mass is 351 g/mol. The van der Waals surface area contributed by atoms with Gasteiger partial charge in [-0.3, -0.25) is 9.48 Å². The number of amides is 1. The molecule has 0 saturated heterocycles. The van der Waals surface area contributed by atoms with E-state index in [1.807, 2.05) is 0 Å². The number of carbonyl (C=O) groups excluding carboxylic acids is 1. The normalized spacial score (nSPS) is 15.5. The summed E-state index contributed by atoms with van der Waals surface area (Å²) in [6.45, 7) is 2.70. The number of aliphatic hydroxyl groups excluding tert-OH is 1. The van der Waals surface area contributed by atoms with E-state index in [-0.39, 0.29) is 12.3 Å². The van der Waals surface area contributed by atoms with Crippen molar-refractivity contribution in [3.8, 4) is 5.75 Å². The zero-order valence-electron chi connectivity index (χ0n) is 14.0. The molecule has 0 radical (unpaired) electrons. The van der Waals surface area contributed by atoms with Crippen LogP contribution in [0.25, 0.3) is 0 Å². The molecular weight excluding hydrogens is 332 g/mol. The number of carbonyl (C=O) groups is 1. The molecule has 0 unspecified atom stereocenters. The van der Waals surface area contributed by atoms with Crippen molar-refractivity contribution in [1.29, 1.82) is 0 Å². The molecule has 2 heterocycles. The molecule has 0 saturated carbocycles. The minimum atomic E-state index is -0.954. The van der Waals surface area contributed by atoms with Gasteiger partial charge in [0.1, 0.15) is 22.9 Å². The zero-order valence-corrected chi connectivity index (χ0v) is 14.0. The van der Waals surface area contributed by atoms with Crippen molar-refractivity contribution < 1.29 is 23.4 Å². The topological polar surface area (TPSA) is 67.6 Å². The van der Waals surface area contributed by atoms with Crippen molar-refractivity contribution in [2.75, 3.05) is 13.7 Å². The van der Waals surface area contributed by atoms with Crippen LogP contribution in [0.2, 0.25) is 0 Å². The summed E-state index contributed by atoms with van der Waals surface area (Å²) in [5.74, 6) is -2.61. The molecular formula is C17H19F2N3O3. The second kappa shape index (κ2) is 6.79. The van der Waals surface area contributed by atoms with Gasteiger partial charge in [-0.05, 0) is 19.4 Å². The van der Waals surface area contributed by atoms with Crippen LogP contribution in [-0.4, -0.2) is 39.3 Å². The number of aliphatic hydroxyl groups is 1. The number of ether oxygens (including phenoxy) is 1. The zero-order chi connectivity index (χ0) is 18.1. The predicted octanol–water partition coefficient (Wildman–Crippen LogP) is 2.27. The fourth-order valence-corrected chi connectivity index (χ4v) is 2.89. The summed E-state index contributed by atoms with van der Waals surface area (Å²) in [5, 5.41) is 13.9. The Morgan fingerprint density at radius 1 is 1.28 bits per heavy atom. The highest BCUT2D eigenvalue weighted by Crippen LogP contribution is 2.24. The second-order valence-electron chi connectivity index (χ2n) is 6.01. The van der Waals surface area contributed by atoms with Crippen LogP contribution in [0, 0.1) is 11.6 Å². The molecule has 1 aromatic carbocycles. The highest BCUT2D eigenvalue weighted by atomic mass is 19.1. The third-order valence-corrected chi connectivity index (χ3v) is 4.21. The Hall–Kier alpha value is -2.48. The number of hydrogen-bond acceptors (Lipinski definition) is 4. The lowest BCUT2D eigenvalue weighted by molar-refractivity contribution is 0.0735. The first kappa shape index (κ1) is 17.3. The van der Waals surface area contributed by atoms with E-state index in [0.29, 0.717) is 25.2 Å². The largest absolute Gasteiger partial charge is 0.497 e. The molecule has 134 valence electrons. The maximum Gasteiger partial charge on any atom is 0.260 e.